The van der Waals surface area contributed by atoms with Crippen LogP contribution in [-0.4, -0.2) is 23.6 Å². The molecule has 0 fully saturated rings. The average molecular weight is 272 g/mol. The third kappa shape index (κ3) is 2.35. The summed E-state index contributed by atoms with van der Waals surface area (Å²) < 4.78 is 10.6. The molecule has 0 bridgehead atoms. The first-order valence-corrected chi connectivity index (χ1v) is 6.53. The van der Waals surface area contributed by atoms with E-state index in [1.165, 1.54) is 0 Å². The Labute approximate surface area is 117 Å². The van der Waals surface area contributed by atoms with Gasteiger partial charge in [0, 0.05) is 5.92 Å². The number of ether oxygens (including phenoxy) is 2. The number of hydrogen-bond donors (Lipinski definition) is 2. The van der Waals surface area contributed by atoms with Gasteiger partial charge in [0.25, 0.3) is 0 Å². The molecule has 0 aromatic heterocycles. The molecule has 2 aromatic rings. The van der Waals surface area contributed by atoms with Crippen LogP contribution in [0.1, 0.15) is 23.1 Å². The lowest BCUT2D eigenvalue weighted by atomic mass is 9.90. The molecule has 20 heavy (non-hydrogen) atoms. The van der Waals surface area contributed by atoms with Gasteiger partial charge in [0.2, 0.25) is 6.79 Å². The fraction of sp³-hybridized carbons (Fsp3) is 0.250. The maximum Gasteiger partial charge on any atom is 0.231 e. The van der Waals surface area contributed by atoms with Crippen LogP contribution in [0.15, 0.2) is 48.5 Å². The molecule has 1 aliphatic heterocycles. The van der Waals surface area contributed by atoms with Crippen LogP contribution in [0.25, 0.3) is 0 Å². The predicted molar refractivity (Wildman–Crippen MR) is 73.8 cm³/mol. The topological polar surface area (TPSA) is 58.9 Å². The molecule has 0 unspecified atom stereocenters. The first-order valence-electron chi connectivity index (χ1n) is 6.53. The maximum atomic E-state index is 10.5. The lowest BCUT2D eigenvalue weighted by molar-refractivity contribution is 0.107. The highest BCUT2D eigenvalue weighted by Gasteiger charge is 2.24. The standard InChI is InChI=1S/C16H16O4/c17-9-13(11-4-2-1-3-5-11)16(18)12-6-7-14-15(8-12)20-10-19-14/h1-8,13,16-18H,9-10H2/t13-,16+/m0/s1. The Morgan fingerprint density at radius 1 is 0.950 bits per heavy atom. The van der Waals surface area contributed by atoms with Crippen molar-refractivity contribution in [2.45, 2.75) is 12.0 Å². The predicted octanol–water partition coefficient (Wildman–Crippen LogP) is 2.22. The van der Waals surface area contributed by atoms with Gasteiger partial charge in [-0.2, -0.15) is 0 Å². The Morgan fingerprint density at radius 3 is 2.45 bits per heavy atom. The van der Waals surface area contributed by atoms with Crippen molar-refractivity contribution in [1.82, 2.24) is 0 Å². The fourth-order valence-corrected chi connectivity index (χ4v) is 2.42. The Balaban J connectivity index is 1.89. The normalized spacial score (nSPS) is 15.9. The average Bonchev–Trinajstić information content (AvgIpc) is 2.96. The van der Waals surface area contributed by atoms with Crippen molar-refractivity contribution in [3.63, 3.8) is 0 Å². The van der Waals surface area contributed by atoms with E-state index < -0.39 is 6.10 Å². The van der Waals surface area contributed by atoms with Crippen LogP contribution in [0.2, 0.25) is 0 Å². The first-order chi connectivity index (χ1) is 9.79. The summed E-state index contributed by atoms with van der Waals surface area (Å²) in [7, 11) is 0. The second-order valence-electron chi connectivity index (χ2n) is 4.76. The summed E-state index contributed by atoms with van der Waals surface area (Å²) in [5.74, 6) is 0.948. The first kappa shape index (κ1) is 13.0. The van der Waals surface area contributed by atoms with Crippen molar-refractivity contribution in [1.29, 1.82) is 0 Å². The quantitative estimate of drug-likeness (QED) is 0.896. The molecule has 0 saturated heterocycles. The van der Waals surface area contributed by atoms with Crippen molar-refractivity contribution in [2.24, 2.45) is 0 Å². The van der Waals surface area contributed by atoms with E-state index in [9.17, 15) is 10.2 Å². The molecule has 2 aromatic carbocycles. The van der Waals surface area contributed by atoms with Gasteiger partial charge in [-0.3, -0.25) is 0 Å². The molecule has 2 atom stereocenters. The number of fused-ring (bicyclic) bond motifs is 1. The van der Waals surface area contributed by atoms with Gasteiger partial charge in [-0.25, -0.2) is 0 Å². The summed E-state index contributed by atoms with van der Waals surface area (Å²) >= 11 is 0. The van der Waals surface area contributed by atoms with Crippen LogP contribution in [-0.2, 0) is 0 Å². The van der Waals surface area contributed by atoms with Gasteiger partial charge in [-0.1, -0.05) is 36.4 Å². The van der Waals surface area contributed by atoms with Crippen LogP contribution in [0.5, 0.6) is 11.5 Å². The van der Waals surface area contributed by atoms with Crippen molar-refractivity contribution in [2.75, 3.05) is 13.4 Å². The van der Waals surface area contributed by atoms with E-state index in [1.807, 2.05) is 30.3 Å². The zero-order chi connectivity index (χ0) is 13.9. The molecule has 2 N–H and O–H groups in total. The zero-order valence-corrected chi connectivity index (χ0v) is 10.9. The number of rotatable bonds is 4. The van der Waals surface area contributed by atoms with Crippen molar-refractivity contribution >= 4 is 0 Å². The Bertz CT molecular complexity index is 582. The van der Waals surface area contributed by atoms with E-state index in [0.29, 0.717) is 17.1 Å². The molecule has 0 spiro atoms. The van der Waals surface area contributed by atoms with E-state index >= 15 is 0 Å². The van der Waals surface area contributed by atoms with Gasteiger partial charge in [-0.15, -0.1) is 0 Å². The van der Waals surface area contributed by atoms with Crippen LogP contribution >= 0.6 is 0 Å². The smallest absolute Gasteiger partial charge is 0.231 e. The molecule has 0 saturated carbocycles. The van der Waals surface area contributed by atoms with Crippen LogP contribution < -0.4 is 9.47 Å². The van der Waals surface area contributed by atoms with Crippen molar-refractivity contribution in [3.8, 4) is 11.5 Å². The lowest BCUT2D eigenvalue weighted by Gasteiger charge is -2.22. The monoisotopic (exact) mass is 272 g/mol. The second-order valence-corrected chi connectivity index (χ2v) is 4.76. The number of aliphatic hydroxyl groups excluding tert-OH is 2. The van der Waals surface area contributed by atoms with E-state index in [0.717, 1.165) is 5.56 Å². The summed E-state index contributed by atoms with van der Waals surface area (Å²) in [6.07, 6.45) is -0.795. The summed E-state index contributed by atoms with van der Waals surface area (Å²) in [6.45, 7) is 0.0800. The summed E-state index contributed by atoms with van der Waals surface area (Å²) in [4.78, 5) is 0. The molecular weight excluding hydrogens is 256 g/mol. The molecule has 4 nitrogen and oxygen atoms in total. The Morgan fingerprint density at radius 2 is 1.70 bits per heavy atom. The second kappa shape index (κ2) is 5.53. The molecule has 104 valence electrons. The van der Waals surface area contributed by atoms with E-state index in [-0.39, 0.29) is 19.3 Å². The van der Waals surface area contributed by atoms with Gasteiger partial charge in [-0.05, 0) is 23.3 Å². The molecule has 1 aliphatic rings. The van der Waals surface area contributed by atoms with E-state index in [4.69, 9.17) is 9.47 Å². The minimum atomic E-state index is -0.795. The molecule has 1 heterocycles. The van der Waals surface area contributed by atoms with Gasteiger partial charge < -0.3 is 19.7 Å². The Hall–Kier alpha value is -2.04. The maximum absolute atomic E-state index is 10.5. The van der Waals surface area contributed by atoms with Crippen molar-refractivity contribution < 1.29 is 19.7 Å². The van der Waals surface area contributed by atoms with Gasteiger partial charge in [0.05, 0.1) is 12.7 Å². The Kier molecular flexibility index (Phi) is 3.58. The van der Waals surface area contributed by atoms with Crippen LogP contribution in [0, 0.1) is 0 Å². The van der Waals surface area contributed by atoms with Gasteiger partial charge >= 0.3 is 0 Å². The molecule has 0 radical (unpaired) electrons. The molecule has 0 aliphatic carbocycles. The van der Waals surface area contributed by atoms with Crippen LogP contribution in [0.3, 0.4) is 0 Å². The minimum Gasteiger partial charge on any atom is -0.454 e. The third-order valence-electron chi connectivity index (χ3n) is 3.54. The molecule has 0 amide bonds. The van der Waals surface area contributed by atoms with Gasteiger partial charge in [0.15, 0.2) is 11.5 Å². The highest BCUT2D eigenvalue weighted by molar-refractivity contribution is 5.45. The van der Waals surface area contributed by atoms with E-state index in [1.54, 1.807) is 18.2 Å². The highest BCUT2D eigenvalue weighted by Crippen LogP contribution is 2.37. The zero-order valence-electron chi connectivity index (χ0n) is 10.9. The number of hydrogen-bond acceptors (Lipinski definition) is 4. The van der Waals surface area contributed by atoms with E-state index in [2.05, 4.69) is 0 Å². The van der Waals surface area contributed by atoms with Gasteiger partial charge in [0.1, 0.15) is 0 Å². The summed E-state index contributed by atoms with van der Waals surface area (Å²) in [6, 6.07) is 14.8. The molecule has 4 heteroatoms. The van der Waals surface area contributed by atoms with Crippen LogP contribution in [0.4, 0.5) is 0 Å². The minimum absolute atomic E-state index is 0.125. The summed E-state index contributed by atoms with van der Waals surface area (Å²) in [5, 5.41) is 20.1. The number of aliphatic hydroxyl groups is 2. The highest BCUT2D eigenvalue weighted by atomic mass is 16.7. The lowest BCUT2D eigenvalue weighted by Crippen LogP contribution is -2.14. The molecule has 3 rings (SSSR count). The third-order valence-corrected chi connectivity index (χ3v) is 3.54. The van der Waals surface area contributed by atoms with Crippen molar-refractivity contribution in [3.05, 3.63) is 59.7 Å². The SMILES string of the molecule is OC[C@@H](c1ccccc1)[C@H](O)c1ccc2c(c1)OCO2. The molecular formula is C16H16O4. The largest absolute Gasteiger partial charge is 0.454 e. The number of benzene rings is 2. The summed E-state index contributed by atoms with van der Waals surface area (Å²) in [5.41, 5.74) is 1.61. The fourth-order valence-electron chi connectivity index (χ4n) is 2.42.